The highest BCUT2D eigenvalue weighted by atomic mass is 79.9. The number of thiazole rings is 1. The van der Waals surface area contributed by atoms with Crippen molar-refractivity contribution in [3.63, 3.8) is 0 Å². The van der Waals surface area contributed by atoms with E-state index in [-0.39, 0.29) is 5.13 Å². The van der Waals surface area contributed by atoms with Crippen LogP contribution in [-0.4, -0.2) is 22.0 Å². The van der Waals surface area contributed by atoms with Crippen molar-refractivity contribution in [3.8, 4) is 0 Å². The lowest BCUT2D eigenvalue weighted by Crippen LogP contribution is -2.21. The summed E-state index contributed by atoms with van der Waals surface area (Å²) in [5.41, 5.74) is 0. The van der Waals surface area contributed by atoms with E-state index in [4.69, 9.17) is 5.11 Å². The Balaban J connectivity index is 2.64. The summed E-state index contributed by atoms with van der Waals surface area (Å²) in [6.07, 6.45) is 1.47. The molecule has 0 radical (unpaired) electrons. The average molecular weight is 251 g/mol. The molecule has 0 saturated heterocycles. The Morgan fingerprint density at radius 1 is 1.67 bits per heavy atom. The zero-order valence-electron chi connectivity index (χ0n) is 5.57. The van der Waals surface area contributed by atoms with E-state index in [2.05, 4.69) is 26.2 Å². The minimum absolute atomic E-state index is 0.259. The molecule has 0 fully saturated rings. The second-order valence-electron chi connectivity index (χ2n) is 1.73. The maximum absolute atomic E-state index is 10.6. The van der Waals surface area contributed by atoms with Gasteiger partial charge in [-0.05, 0) is 15.9 Å². The van der Waals surface area contributed by atoms with E-state index in [1.807, 2.05) is 0 Å². The predicted molar refractivity (Wildman–Crippen MR) is 46.1 cm³/mol. The van der Waals surface area contributed by atoms with Crippen LogP contribution in [0.1, 0.15) is 0 Å². The maximum atomic E-state index is 10.6. The number of aromatic nitrogens is 1. The van der Waals surface area contributed by atoms with E-state index in [1.54, 1.807) is 0 Å². The molecule has 12 heavy (non-hydrogen) atoms. The van der Waals surface area contributed by atoms with E-state index < -0.39 is 11.9 Å². The van der Waals surface area contributed by atoms with Crippen molar-refractivity contribution in [2.24, 2.45) is 0 Å². The number of amides is 1. The van der Waals surface area contributed by atoms with Gasteiger partial charge in [0, 0.05) is 0 Å². The number of halogens is 1. The van der Waals surface area contributed by atoms with Crippen molar-refractivity contribution >= 4 is 44.3 Å². The number of aliphatic carboxylic acids is 1. The molecule has 0 bridgehead atoms. The molecular formula is C5H3BrN2O3S. The van der Waals surface area contributed by atoms with Gasteiger partial charge in [0.25, 0.3) is 0 Å². The molecule has 0 atom stereocenters. The SMILES string of the molecule is O=C(O)C(=O)Nc1ncc(Br)s1. The Bertz CT molecular complexity index is 324. The van der Waals surface area contributed by atoms with Crippen LogP contribution in [0.25, 0.3) is 0 Å². The summed E-state index contributed by atoms with van der Waals surface area (Å²) in [5.74, 6) is -2.61. The van der Waals surface area contributed by atoms with Crippen LogP contribution in [0.2, 0.25) is 0 Å². The summed E-state index contributed by atoms with van der Waals surface area (Å²) in [4.78, 5) is 24.3. The molecule has 1 heterocycles. The van der Waals surface area contributed by atoms with Crippen LogP contribution >= 0.6 is 27.3 Å². The Kier molecular flexibility index (Phi) is 2.77. The molecule has 5 nitrogen and oxygen atoms in total. The molecule has 0 unspecified atom stereocenters. The number of hydrogen-bond donors (Lipinski definition) is 2. The van der Waals surface area contributed by atoms with Gasteiger partial charge in [0.15, 0.2) is 5.13 Å². The lowest BCUT2D eigenvalue weighted by Gasteiger charge is -1.93. The smallest absolute Gasteiger partial charge is 0.394 e. The second kappa shape index (κ2) is 3.63. The third-order valence-corrected chi connectivity index (χ3v) is 2.28. The van der Waals surface area contributed by atoms with Gasteiger partial charge in [-0.25, -0.2) is 9.78 Å². The summed E-state index contributed by atoms with van der Waals surface area (Å²) in [6, 6.07) is 0. The Hall–Kier alpha value is -0.950. The zero-order chi connectivity index (χ0) is 9.14. The number of carbonyl (C=O) groups is 2. The number of nitrogens with one attached hydrogen (secondary N) is 1. The number of hydrogen-bond acceptors (Lipinski definition) is 4. The number of rotatable bonds is 1. The van der Waals surface area contributed by atoms with Gasteiger partial charge in [-0.2, -0.15) is 0 Å². The van der Waals surface area contributed by atoms with Crippen molar-refractivity contribution in [1.82, 2.24) is 4.98 Å². The molecule has 0 saturated carbocycles. The lowest BCUT2D eigenvalue weighted by molar-refractivity contribution is -0.147. The molecule has 1 amide bonds. The van der Waals surface area contributed by atoms with Gasteiger partial charge in [-0.3, -0.25) is 10.1 Å². The van der Waals surface area contributed by atoms with Crippen LogP contribution in [0.15, 0.2) is 9.98 Å². The Labute approximate surface area is 79.6 Å². The van der Waals surface area contributed by atoms with Gasteiger partial charge < -0.3 is 5.11 Å². The minimum Gasteiger partial charge on any atom is -0.474 e. The molecule has 0 aliphatic heterocycles. The van der Waals surface area contributed by atoms with Crippen molar-refractivity contribution in [2.75, 3.05) is 5.32 Å². The van der Waals surface area contributed by atoms with Gasteiger partial charge >= 0.3 is 11.9 Å². The van der Waals surface area contributed by atoms with Gasteiger partial charge in [-0.15, -0.1) is 0 Å². The second-order valence-corrected chi connectivity index (χ2v) is 4.14. The first-order valence-electron chi connectivity index (χ1n) is 2.75. The average Bonchev–Trinajstić information content (AvgIpc) is 2.35. The quantitative estimate of drug-likeness (QED) is 0.727. The fourth-order valence-electron chi connectivity index (χ4n) is 0.463. The monoisotopic (exact) mass is 250 g/mol. The molecule has 1 rings (SSSR count). The Morgan fingerprint density at radius 2 is 2.33 bits per heavy atom. The highest BCUT2D eigenvalue weighted by molar-refractivity contribution is 9.11. The highest BCUT2D eigenvalue weighted by Crippen LogP contribution is 2.22. The number of nitrogens with zero attached hydrogens (tertiary/aromatic N) is 1. The molecule has 0 aromatic carbocycles. The number of carbonyl (C=O) groups excluding carboxylic acids is 1. The largest absolute Gasteiger partial charge is 0.474 e. The third-order valence-electron chi connectivity index (χ3n) is 0.892. The van der Waals surface area contributed by atoms with Crippen LogP contribution in [0.5, 0.6) is 0 Å². The maximum Gasteiger partial charge on any atom is 0.394 e. The molecule has 64 valence electrons. The van der Waals surface area contributed by atoms with Crippen molar-refractivity contribution in [2.45, 2.75) is 0 Å². The normalized spacial score (nSPS) is 9.42. The van der Waals surface area contributed by atoms with E-state index in [1.165, 1.54) is 6.20 Å². The van der Waals surface area contributed by atoms with E-state index in [9.17, 15) is 9.59 Å². The Morgan fingerprint density at radius 3 is 2.75 bits per heavy atom. The molecule has 7 heteroatoms. The van der Waals surface area contributed by atoms with Crippen LogP contribution < -0.4 is 5.32 Å². The zero-order valence-corrected chi connectivity index (χ0v) is 7.98. The molecule has 0 spiro atoms. The van der Waals surface area contributed by atoms with Crippen LogP contribution in [0, 0.1) is 0 Å². The van der Waals surface area contributed by atoms with Gasteiger partial charge in [0.2, 0.25) is 0 Å². The first-order valence-corrected chi connectivity index (χ1v) is 4.36. The van der Waals surface area contributed by atoms with Crippen LogP contribution in [-0.2, 0) is 9.59 Å². The number of carboxylic acids is 1. The van der Waals surface area contributed by atoms with Crippen molar-refractivity contribution in [3.05, 3.63) is 9.98 Å². The molecule has 0 aliphatic carbocycles. The van der Waals surface area contributed by atoms with Gasteiger partial charge in [0.1, 0.15) is 0 Å². The minimum atomic E-state index is -1.53. The van der Waals surface area contributed by atoms with Crippen molar-refractivity contribution in [1.29, 1.82) is 0 Å². The summed E-state index contributed by atoms with van der Waals surface area (Å²) < 4.78 is 0.725. The lowest BCUT2D eigenvalue weighted by atomic mass is 10.6. The predicted octanol–water partition coefficient (Wildman–Crippen LogP) is 0.929. The third kappa shape index (κ3) is 2.28. The highest BCUT2D eigenvalue weighted by Gasteiger charge is 2.12. The summed E-state index contributed by atoms with van der Waals surface area (Å²) >= 11 is 4.26. The standard InChI is InChI=1S/C5H3BrN2O3S/c6-2-1-7-5(12-2)8-3(9)4(10)11/h1H,(H,10,11)(H,7,8,9). The first kappa shape index (κ1) is 9.14. The van der Waals surface area contributed by atoms with E-state index in [0.717, 1.165) is 15.1 Å². The first-order chi connectivity index (χ1) is 5.59. The fraction of sp³-hybridized carbons (Fsp3) is 0. The number of carboxylic acid groups (broad SMARTS) is 1. The molecular weight excluding hydrogens is 248 g/mol. The fourth-order valence-corrected chi connectivity index (χ4v) is 1.56. The van der Waals surface area contributed by atoms with E-state index >= 15 is 0 Å². The van der Waals surface area contributed by atoms with E-state index in [0.29, 0.717) is 0 Å². The van der Waals surface area contributed by atoms with Gasteiger partial charge in [0.05, 0.1) is 9.98 Å². The van der Waals surface area contributed by atoms with Crippen LogP contribution in [0.4, 0.5) is 5.13 Å². The number of anilines is 1. The molecule has 1 aromatic rings. The summed E-state index contributed by atoms with van der Waals surface area (Å²) in [7, 11) is 0. The van der Waals surface area contributed by atoms with Crippen molar-refractivity contribution < 1.29 is 14.7 Å². The summed E-state index contributed by atoms with van der Waals surface area (Å²) in [6.45, 7) is 0. The van der Waals surface area contributed by atoms with Gasteiger partial charge in [-0.1, -0.05) is 11.3 Å². The summed E-state index contributed by atoms with van der Waals surface area (Å²) in [5, 5.41) is 10.6. The van der Waals surface area contributed by atoms with Crippen LogP contribution in [0.3, 0.4) is 0 Å². The molecule has 1 aromatic heterocycles. The molecule has 2 N–H and O–H groups in total. The topological polar surface area (TPSA) is 79.3 Å². The molecule has 0 aliphatic rings.